The molecule has 2 aromatic carbocycles. The number of aryl methyl sites for hydroxylation is 1. The van der Waals surface area contributed by atoms with Crippen LogP contribution in [0.2, 0.25) is 0 Å². The quantitative estimate of drug-likeness (QED) is 0.646. The van der Waals surface area contributed by atoms with E-state index >= 15 is 0 Å². The standard InChI is InChI=1S/C16H15Br2F2N/c1-3-21-16(10-5-4-9(2)12(17)6-10)11-7-15(20)13(18)8-14(11)19/h4-8,16,21H,3H2,1-2H3. The minimum atomic E-state index is -0.472. The molecule has 0 saturated carbocycles. The molecule has 0 saturated heterocycles. The van der Waals surface area contributed by atoms with E-state index in [-0.39, 0.29) is 4.47 Å². The molecule has 0 aromatic heterocycles. The first-order valence-electron chi connectivity index (χ1n) is 6.58. The van der Waals surface area contributed by atoms with Crippen LogP contribution in [0.3, 0.4) is 0 Å². The summed E-state index contributed by atoms with van der Waals surface area (Å²) in [6.45, 7) is 4.56. The number of hydrogen-bond donors (Lipinski definition) is 1. The van der Waals surface area contributed by atoms with Crippen LogP contribution in [0.15, 0.2) is 39.3 Å². The van der Waals surface area contributed by atoms with Crippen molar-refractivity contribution in [3.05, 3.63) is 67.6 Å². The summed E-state index contributed by atoms with van der Waals surface area (Å²) < 4.78 is 29.1. The van der Waals surface area contributed by atoms with Gasteiger partial charge in [0, 0.05) is 10.0 Å². The van der Waals surface area contributed by atoms with E-state index in [0.29, 0.717) is 12.1 Å². The van der Waals surface area contributed by atoms with Crippen LogP contribution in [0, 0.1) is 18.6 Å². The van der Waals surface area contributed by atoms with Gasteiger partial charge >= 0.3 is 0 Å². The molecule has 0 aliphatic rings. The Balaban J connectivity index is 2.52. The Labute approximate surface area is 140 Å². The maximum atomic E-state index is 14.2. The first-order valence-corrected chi connectivity index (χ1v) is 8.16. The lowest BCUT2D eigenvalue weighted by atomic mass is 9.97. The fourth-order valence-electron chi connectivity index (χ4n) is 2.16. The first kappa shape index (κ1) is 16.6. The van der Waals surface area contributed by atoms with Crippen molar-refractivity contribution in [2.75, 3.05) is 6.54 Å². The highest BCUT2D eigenvalue weighted by Crippen LogP contribution is 2.30. The zero-order valence-corrected chi connectivity index (χ0v) is 14.9. The second kappa shape index (κ2) is 6.99. The van der Waals surface area contributed by atoms with Gasteiger partial charge in [0.05, 0.1) is 10.5 Å². The molecule has 2 aromatic rings. The smallest absolute Gasteiger partial charge is 0.137 e. The second-order valence-corrected chi connectivity index (χ2v) is 6.50. The largest absolute Gasteiger partial charge is 0.306 e. The number of hydrogen-bond acceptors (Lipinski definition) is 1. The van der Waals surface area contributed by atoms with Crippen molar-refractivity contribution in [3.63, 3.8) is 0 Å². The van der Waals surface area contributed by atoms with Gasteiger partial charge < -0.3 is 5.32 Å². The van der Waals surface area contributed by atoms with Crippen LogP contribution >= 0.6 is 31.9 Å². The molecule has 0 amide bonds. The molecule has 1 unspecified atom stereocenters. The molecule has 112 valence electrons. The van der Waals surface area contributed by atoms with Crippen molar-refractivity contribution in [1.82, 2.24) is 5.32 Å². The lowest BCUT2D eigenvalue weighted by Crippen LogP contribution is -2.23. The Morgan fingerprint density at radius 3 is 2.38 bits per heavy atom. The van der Waals surface area contributed by atoms with Crippen LogP contribution in [-0.4, -0.2) is 6.54 Å². The zero-order valence-electron chi connectivity index (χ0n) is 11.7. The molecule has 21 heavy (non-hydrogen) atoms. The van der Waals surface area contributed by atoms with Crippen LogP contribution in [0.25, 0.3) is 0 Å². The van der Waals surface area contributed by atoms with Crippen LogP contribution in [0.5, 0.6) is 0 Å². The van der Waals surface area contributed by atoms with Crippen LogP contribution < -0.4 is 5.32 Å². The molecular weight excluding hydrogens is 404 g/mol. The van der Waals surface area contributed by atoms with Crippen molar-refractivity contribution in [3.8, 4) is 0 Å². The van der Waals surface area contributed by atoms with Crippen LogP contribution in [-0.2, 0) is 0 Å². The maximum absolute atomic E-state index is 14.2. The fraction of sp³-hybridized carbons (Fsp3) is 0.250. The Morgan fingerprint density at radius 2 is 1.76 bits per heavy atom. The summed E-state index contributed by atoms with van der Waals surface area (Å²) >= 11 is 6.48. The normalized spacial score (nSPS) is 12.5. The van der Waals surface area contributed by atoms with Gasteiger partial charge in [-0.1, -0.05) is 35.0 Å². The molecule has 2 rings (SSSR count). The van der Waals surface area contributed by atoms with Gasteiger partial charge in [0.15, 0.2) is 0 Å². The van der Waals surface area contributed by atoms with E-state index in [1.807, 2.05) is 32.0 Å². The Kier molecular flexibility index (Phi) is 5.52. The third kappa shape index (κ3) is 3.71. The number of benzene rings is 2. The van der Waals surface area contributed by atoms with Crippen LogP contribution in [0.1, 0.15) is 29.7 Å². The average Bonchev–Trinajstić information content (AvgIpc) is 2.44. The summed E-state index contributed by atoms with van der Waals surface area (Å²) in [4.78, 5) is 0. The molecule has 0 spiro atoms. The molecule has 0 aliphatic heterocycles. The van der Waals surface area contributed by atoms with Gasteiger partial charge in [0.25, 0.3) is 0 Å². The summed E-state index contributed by atoms with van der Waals surface area (Å²) in [6, 6.07) is 7.82. The predicted molar refractivity (Wildman–Crippen MR) is 88.5 cm³/mol. The SMILES string of the molecule is CCNC(c1ccc(C)c(Br)c1)c1cc(F)c(Br)cc1F. The maximum Gasteiger partial charge on any atom is 0.137 e. The highest BCUT2D eigenvalue weighted by atomic mass is 79.9. The van der Waals surface area contributed by atoms with E-state index < -0.39 is 17.7 Å². The van der Waals surface area contributed by atoms with Gasteiger partial charge in [-0.05, 0) is 58.7 Å². The molecule has 0 aliphatic carbocycles. The number of halogens is 4. The van der Waals surface area contributed by atoms with Gasteiger partial charge in [-0.15, -0.1) is 0 Å². The summed E-state index contributed by atoms with van der Waals surface area (Å²) in [5.74, 6) is -0.911. The Morgan fingerprint density at radius 1 is 1.05 bits per heavy atom. The van der Waals surface area contributed by atoms with Crippen molar-refractivity contribution in [2.45, 2.75) is 19.9 Å². The monoisotopic (exact) mass is 417 g/mol. The second-order valence-electron chi connectivity index (χ2n) is 4.79. The number of rotatable bonds is 4. The zero-order chi connectivity index (χ0) is 15.6. The highest BCUT2D eigenvalue weighted by molar-refractivity contribution is 9.10. The van der Waals surface area contributed by atoms with Gasteiger partial charge in [0.1, 0.15) is 11.6 Å². The van der Waals surface area contributed by atoms with E-state index in [0.717, 1.165) is 21.7 Å². The third-order valence-electron chi connectivity index (χ3n) is 3.29. The third-order valence-corrected chi connectivity index (χ3v) is 4.75. The topological polar surface area (TPSA) is 12.0 Å². The highest BCUT2D eigenvalue weighted by Gasteiger charge is 2.19. The molecule has 0 heterocycles. The molecule has 0 bridgehead atoms. The number of nitrogens with one attached hydrogen (secondary N) is 1. The lowest BCUT2D eigenvalue weighted by Gasteiger charge is -2.20. The van der Waals surface area contributed by atoms with Gasteiger partial charge in [-0.3, -0.25) is 0 Å². The van der Waals surface area contributed by atoms with Gasteiger partial charge in [0.2, 0.25) is 0 Å². The van der Waals surface area contributed by atoms with E-state index in [9.17, 15) is 8.78 Å². The lowest BCUT2D eigenvalue weighted by molar-refractivity contribution is 0.542. The predicted octanol–water partition coefficient (Wildman–Crippen LogP) is 5.50. The summed E-state index contributed by atoms with van der Waals surface area (Å²) in [7, 11) is 0. The molecule has 5 heteroatoms. The summed E-state index contributed by atoms with van der Waals surface area (Å²) in [5, 5.41) is 3.21. The molecule has 1 atom stereocenters. The van der Waals surface area contributed by atoms with Gasteiger partial charge in [-0.2, -0.15) is 0 Å². The molecule has 1 N–H and O–H groups in total. The molecule has 1 nitrogen and oxygen atoms in total. The van der Waals surface area contributed by atoms with E-state index in [1.54, 1.807) is 0 Å². The summed E-state index contributed by atoms with van der Waals surface area (Å²) in [5.41, 5.74) is 2.28. The van der Waals surface area contributed by atoms with Crippen LogP contribution in [0.4, 0.5) is 8.78 Å². The minimum Gasteiger partial charge on any atom is -0.306 e. The van der Waals surface area contributed by atoms with Crippen molar-refractivity contribution in [1.29, 1.82) is 0 Å². The van der Waals surface area contributed by atoms with Crippen molar-refractivity contribution in [2.24, 2.45) is 0 Å². The van der Waals surface area contributed by atoms with Crippen molar-refractivity contribution < 1.29 is 8.78 Å². The fourth-order valence-corrected chi connectivity index (χ4v) is 2.87. The minimum absolute atomic E-state index is 0.129. The molecule has 0 radical (unpaired) electrons. The molecular formula is C16H15Br2F2N. The van der Waals surface area contributed by atoms with Gasteiger partial charge in [-0.25, -0.2) is 8.78 Å². The summed E-state index contributed by atoms with van der Waals surface area (Å²) in [6.07, 6.45) is 0. The Bertz CT molecular complexity index is 659. The first-order chi connectivity index (χ1) is 9.93. The van der Waals surface area contributed by atoms with E-state index in [1.165, 1.54) is 6.07 Å². The molecule has 0 fully saturated rings. The van der Waals surface area contributed by atoms with E-state index in [4.69, 9.17) is 0 Å². The Hall–Kier alpha value is -0.780. The average molecular weight is 419 g/mol. The van der Waals surface area contributed by atoms with Crippen molar-refractivity contribution >= 4 is 31.9 Å². The van der Waals surface area contributed by atoms with E-state index in [2.05, 4.69) is 37.2 Å².